The molecule has 0 aromatic heterocycles. The Kier molecular flexibility index (Phi) is 5.61. The largest absolute Gasteiger partial charge is 0.496 e. The third-order valence-electron chi connectivity index (χ3n) is 5.70. The van der Waals surface area contributed by atoms with Gasteiger partial charge in [0, 0.05) is 12.1 Å². The van der Waals surface area contributed by atoms with Gasteiger partial charge in [-0.3, -0.25) is 4.79 Å². The summed E-state index contributed by atoms with van der Waals surface area (Å²) in [7, 11) is 1.42. The molecule has 142 valence electrons. The van der Waals surface area contributed by atoms with Crippen molar-refractivity contribution in [3.8, 4) is 5.75 Å². The second-order valence-electron chi connectivity index (χ2n) is 7.35. The number of hydrogen-bond acceptors (Lipinski definition) is 5. The van der Waals surface area contributed by atoms with Gasteiger partial charge in [0.05, 0.1) is 17.8 Å². The number of carbonyl (C=O) groups is 2. The Labute approximate surface area is 158 Å². The minimum absolute atomic E-state index is 0.0945. The lowest BCUT2D eigenvalue weighted by molar-refractivity contribution is -0.125. The van der Waals surface area contributed by atoms with Crippen molar-refractivity contribution in [3.05, 3.63) is 22.7 Å². The van der Waals surface area contributed by atoms with Gasteiger partial charge in [-0.1, -0.05) is 18.0 Å². The molecule has 0 spiro atoms. The van der Waals surface area contributed by atoms with E-state index in [1.807, 2.05) is 6.92 Å². The van der Waals surface area contributed by atoms with E-state index in [9.17, 15) is 9.59 Å². The highest BCUT2D eigenvalue weighted by Crippen LogP contribution is 2.49. The van der Waals surface area contributed by atoms with Crippen molar-refractivity contribution >= 4 is 29.2 Å². The van der Waals surface area contributed by atoms with Crippen molar-refractivity contribution in [1.82, 2.24) is 5.32 Å². The maximum absolute atomic E-state index is 12.3. The van der Waals surface area contributed by atoms with Gasteiger partial charge in [0.25, 0.3) is 5.91 Å². The summed E-state index contributed by atoms with van der Waals surface area (Å²) < 4.78 is 10.3. The Balaban J connectivity index is 1.53. The first-order chi connectivity index (χ1) is 12.4. The van der Waals surface area contributed by atoms with Gasteiger partial charge in [-0.05, 0) is 50.0 Å². The molecule has 1 aromatic carbocycles. The maximum Gasteiger partial charge on any atom is 0.342 e. The second kappa shape index (κ2) is 7.74. The van der Waals surface area contributed by atoms with Crippen LogP contribution in [0.2, 0.25) is 5.02 Å². The van der Waals surface area contributed by atoms with Crippen LogP contribution in [0.15, 0.2) is 12.1 Å². The molecule has 3 N–H and O–H groups in total. The van der Waals surface area contributed by atoms with Crippen LogP contribution in [0, 0.1) is 17.8 Å². The number of nitrogens with two attached hydrogens (primary N) is 1. The number of nitrogen functional groups attached to an aromatic ring is 1. The Morgan fingerprint density at radius 3 is 2.73 bits per heavy atom. The predicted octanol–water partition coefficient (Wildman–Crippen LogP) is 3.03. The Bertz CT molecular complexity index is 709. The zero-order valence-electron chi connectivity index (χ0n) is 15.1. The van der Waals surface area contributed by atoms with Crippen LogP contribution in [-0.2, 0) is 9.53 Å². The summed E-state index contributed by atoms with van der Waals surface area (Å²) in [6.45, 7) is 1.70. The molecule has 2 saturated carbocycles. The first-order valence-electron chi connectivity index (χ1n) is 8.98. The number of methoxy groups -OCH3 is 1. The summed E-state index contributed by atoms with van der Waals surface area (Å²) in [5, 5.41) is 3.20. The Morgan fingerprint density at radius 2 is 2.12 bits per heavy atom. The van der Waals surface area contributed by atoms with Crippen molar-refractivity contribution in [2.75, 3.05) is 19.5 Å². The molecular formula is C19H25ClN2O4. The van der Waals surface area contributed by atoms with Crippen molar-refractivity contribution in [2.24, 2.45) is 17.8 Å². The minimum atomic E-state index is -0.675. The number of anilines is 1. The van der Waals surface area contributed by atoms with E-state index in [1.165, 1.54) is 44.9 Å². The molecule has 0 unspecified atom stereocenters. The summed E-state index contributed by atoms with van der Waals surface area (Å²) in [4.78, 5) is 24.4. The molecule has 1 amide bonds. The van der Waals surface area contributed by atoms with Crippen LogP contribution < -0.4 is 15.8 Å². The third kappa shape index (κ3) is 3.90. The van der Waals surface area contributed by atoms with Gasteiger partial charge in [0.2, 0.25) is 0 Å². The number of esters is 1. The van der Waals surface area contributed by atoms with E-state index in [4.69, 9.17) is 26.8 Å². The molecule has 26 heavy (non-hydrogen) atoms. The molecule has 0 saturated heterocycles. The lowest BCUT2D eigenvalue weighted by Crippen LogP contribution is -2.42. The molecule has 6 nitrogen and oxygen atoms in total. The van der Waals surface area contributed by atoms with Crippen LogP contribution in [0.4, 0.5) is 5.69 Å². The van der Waals surface area contributed by atoms with Crippen LogP contribution in [-0.4, -0.2) is 31.6 Å². The summed E-state index contributed by atoms with van der Waals surface area (Å²) in [5.74, 6) is 1.36. The van der Waals surface area contributed by atoms with E-state index >= 15 is 0 Å². The van der Waals surface area contributed by atoms with Crippen molar-refractivity contribution in [2.45, 2.75) is 38.6 Å². The number of ether oxygens (including phenoxy) is 2. The third-order valence-corrected chi connectivity index (χ3v) is 6.02. The van der Waals surface area contributed by atoms with Crippen LogP contribution >= 0.6 is 11.6 Å². The standard InChI is InChI=1S/C19H25ClN2O4/c1-10(13-6-11-3-4-12(13)5-11)22-18(23)9-26-19(24)14-7-15(20)16(21)8-17(14)25-2/h7-8,10-13H,3-6,9,21H2,1-2H3,(H,22,23)/t10-,11+,12+,13-/m1/s1. The number of carbonyl (C=O) groups excluding carboxylic acids is 2. The van der Waals surface area contributed by atoms with Crippen LogP contribution in [0.5, 0.6) is 5.75 Å². The first-order valence-corrected chi connectivity index (χ1v) is 9.36. The smallest absolute Gasteiger partial charge is 0.342 e. The van der Waals surface area contributed by atoms with Crippen molar-refractivity contribution in [1.29, 1.82) is 0 Å². The van der Waals surface area contributed by atoms with E-state index in [2.05, 4.69) is 5.32 Å². The van der Waals surface area contributed by atoms with Gasteiger partial charge in [-0.2, -0.15) is 0 Å². The number of nitrogens with one attached hydrogen (secondary N) is 1. The van der Waals surface area contributed by atoms with Gasteiger partial charge in [0.15, 0.2) is 6.61 Å². The van der Waals surface area contributed by atoms with E-state index < -0.39 is 5.97 Å². The highest BCUT2D eigenvalue weighted by atomic mass is 35.5. The molecule has 4 atom stereocenters. The zero-order valence-corrected chi connectivity index (χ0v) is 15.8. The number of halogens is 1. The minimum Gasteiger partial charge on any atom is -0.496 e. The van der Waals surface area contributed by atoms with Gasteiger partial charge in [-0.15, -0.1) is 0 Å². The number of rotatable bonds is 6. The molecule has 2 aliphatic rings. The number of fused-ring (bicyclic) bond motifs is 2. The molecular weight excluding hydrogens is 356 g/mol. The normalized spacial score (nSPS) is 25.0. The molecule has 2 fully saturated rings. The average Bonchev–Trinajstić information content (AvgIpc) is 3.25. The Hall–Kier alpha value is -1.95. The maximum atomic E-state index is 12.3. The fourth-order valence-electron chi connectivity index (χ4n) is 4.42. The van der Waals surface area contributed by atoms with E-state index in [0.717, 1.165) is 11.8 Å². The summed E-state index contributed by atoms with van der Waals surface area (Å²) in [6.07, 6.45) is 5.07. The number of hydrogen-bond donors (Lipinski definition) is 2. The van der Waals surface area contributed by atoms with Crippen LogP contribution in [0.1, 0.15) is 43.0 Å². The summed E-state index contributed by atoms with van der Waals surface area (Å²) >= 11 is 5.95. The van der Waals surface area contributed by atoms with Crippen molar-refractivity contribution < 1.29 is 19.1 Å². The summed E-state index contributed by atoms with van der Waals surface area (Å²) in [6, 6.07) is 2.93. The van der Waals surface area contributed by atoms with Crippen molar-refractivity contribution in [3.63, 3.8) is 0 Å². The molecule has 0 radical (unpaired) electrons. The molecule has 2 aliphatic carbocycles. The molecule has 3 rings (SSSR count). The first kappa shape index (κ1) is 18.8. The van der Waals surface area contributed by atoms with E-state index in [0.29, 0.717) is 11.6 Å². The fraction of sp³-hybridized carbons (Fsp3) is 0.579. The predicted molar refractivity (Wildman–Crippen MR) is 99.2 cm³/mol. The average molecular weight is 381 g/mol. The van der Waals surface area contributed by atoms with Crippen LogP contribution in [0.25, 0.3) is 0 Å². The van der Waals surface area contributed by atoms with E-state index in [1.54, 1.807) is 0 Å². The number of benzene rings is 1. The summed E-state index contributed by atoms with van der Waals surface area (Å²) in [5.41, 5.74) is 6.14. The topological polar surface area (TPSA) is 90.7 Å². The van der Waals surface area contributed by atoms with Gasteiger partial charge in [0.1, 0.15) is 11.3 Å². The molecule has 0 aliphatic heterocycles. The SMILES string of the molecule is COc1cc(N)c(Cl)cc1C(=O)OCC(=O)N[C@H](C)[C@H]1C[C@H]2CC[C@H]1C2. The van der Waals surface area contributed by atoms with Gasteiger partial charge >= 0.3 is 5.97 Å². The highest BCUT2D eigenvalue weighted by Gasteiger charge is 2.42. The molecule has 1 aromatic rings. The van der Waals surface area contributed by atoms with Gasteiger partial charge < -0.3 is 20.5 Å². The van der Waals surface area contributed by atoms with Crippen LogP contribution in [0.3, 0.4) is 0 Å². The molecule has 7 heteroatoms. The lowest BCUT2D eigenvalue weighted by Gasteiger charge is -2.28. The van der Waals surface area contributed by atoms with E-state index in [-0.39, 0.29) is 34.9 Å². The van der Waals surface area contributed by atoms with Gasteiger partial charge in [-0.25, -0.2) is 4.79 Å². The second-order valence-corrected chi connectivity index (χ2v) is 7.75. The zero-order chi connectivity index (χ0) is 18.8. The molecule has 2 bridgehead atoms. The number of amides is 1. The molecule has 0 heterocycles. The quantitative estimate of drug-likeness (QED) is 0.584. The monoisotopic (exact) mass is 380 g/mol. The highest BCUT2D eigenvalue weighted by molar-refractivity contribution is 6.33. The lowest BCUT2D eigenvalue weighted by atomic mass is 9.84. The Morgan fingerprint density at radius 1 is 1.35 bits per heavy atom. The fourth-order valence-corrected chi connectivity index (χ4v) is 4.58.